The summed E-state index contributed by atoms with van der Waals surface area (Å²) in [5.41, 5.74) is 6.81. The molecule has 84 valence electrons. The Bertz CT molecular complexity index is 266. The Morgan fingerprint density at radius 2 is 1.80 bits per heavy atom. The molecular formula is C13H21NO. The van der Waals surface area contributed by atoms with Gasteiger partial charge in [-0.3, -0.25) is 0 Å². The summed E-state index contributed by atoms with van der Waals surface area (Å²) in [5, 5.41) is 0. The highest BCUT2D eigenvalue weighted by atomic mass is 16.5. The molecule has 0 saturated heterocycles. The van der Waals surface area contributed by atoms with Crippen LogP contribution in [0.25, 0.3) is 0 Å². The van der Waals surface area contributed by atoms with Gasteiger partial charge in [-0.05, 0) is 57.4 Å². The normalized spacial score (nSPS) is 10.7. The quantitative estimate of drug-likeness (QED) is 0.728. The number of hydrogen-bond donors (Lipinski definition) is 1. The van der Waals surface area contributed by atoms with Crippen molar-refractivity contribution >= 4 is 0 Å². The van der Waals surface area contributed by atoms with Gasteiger partial charge in [0.15, 0.2) is 0 Å². The second-order valence-electron chi connectivity index (χ2n) is 4.06. The Morgan fingerprint density at radius 1 is 1.13 bits per heavy atom. The van der Waals surface area contributed by atoms with Crippen molar-refractivity contribution in [2.45, 2.75) is 39.2 Å². The number of unbranched alkanes of at least 4 members (excludes halogenated alkanes) is 1. The van der Waals surface area contributed by atoms with E-state index in [4.69, 9.17) is 10.5 Å². The third-order valence-corrected chi connectivity index (χ3v) is 2.21. The molecule has 0 fully saturated rings. The van der Waals surface area contributed by atoms with Crippen LogP contribution >= 0.6 is 0 Å². The first-order valence-electron chi connectivity index (χ1n) is 5.68. The molecule has 1 rings (SSSR count). The van der Waals surface area contributed by atoms with Gasteiger partial charge in [0.25, 0.3) is 0 Å². The summed E-state index contributed by atoms with van der Waals surface area (Å²) in [6, 6.07) is 8.35. The van der Waals surface area contributed by atoms with Gasteiger partial charge in [-0.2, -0.15) is 0 Å². The van der Waals surface area contributed by atoms with E-state index in [1.807, 2.05) is 26.0 Å². The molecule has 0 atom stereocenters. The maximum atomic E-state index is 5.57. The van der Waals surface area contributed by atoms with Gasteiger partial charge in [0.2, 0.25) is 0 Å². The molecule has 0 spiro atoms. The van der Waals surface area contributed by atoms with Crippen LogP contribution in [-0.4, -0.2) is 12.6 Å². The summed E-state index contributed by atoms with van der Waals surface area (Å²) in [4.78, 5) is 0. The van der Waals surface area contributed by atoms with Crippen LogP contribution in [0.4, 0.5) is 0 Å². The van der Waals surface area contributed by atoms with Gasteiger partial charge < -0.3 is 10.5 Å². The molecule has 0 radical (unpaired) electrons. The third-order valence-electron chi connectivity index (χ3n) is 2.21. The molecule has 0 amide bonds. The van der Waals surface area contributed by atoms with Crippen LogP contribution in [0.5, 0.6) is 5.75 Å². The molecular weight excluding hydrogens is 186 g/mol. The number of ether oxygens (including phenoxy) is 1. The summed E-state index contributed by atoms with van der Waals surface area (Å²) in [6.45, 7) is 4.86. The molecule has 2 nitrogen and oxygen atoms in total. The van der Waals surface area contributed by atoms with Crippen LogP contribution in [-0.2, 0) is 6.42 Å². The highest BCUT2D eigenvalue weighted by Crippen LogP contribution is 2.15. The van der Waals surface area contributed by atoms with E-state index >= 15 is 0 Å². The molecule has 0 saturated carbocycles. The lowest BCUT2D eigenvalue weighted by atomic mass is 10.1. The first-order chi connectivity index (χ1) is 7.22. The molecule has 0 unspecified atom stereocenters. The maximum absolute atomic E-state index is 5.57. The molecule has 2 heteroatoms. The number of benzene rings is 1. The first kappa shape index (κ1) is 12.1. The van der Waals surface area contributed by atoms with Gasteiger partial charge in [0, 0.05) is 0 Å². The van der Waals surface area contributed by atoms with Crippen LogP contribution in [0.2, 0.25) is 0 Å². The molecule has 0 aliphatic rings. The molecule has 0 aromatic heterocycles. The van der Waals surface area contributed by atoms with Crippen molar-refractivity contribution in [2.75, 3.05) is 6.54 Å². The minimum absolute atomic E-state index is 0.244. The Labute approximate surface area is 92.4 Å². The molecule has 0 bridgehead atoms. The van der Waals surface area contributed by atoms with Crippen LogP contribution in [0, 0.1) is 0 Å². The number of rotatable bonds is 6. The van der Waals surface area contributed by atoms with Crippen LogP contribution < -0.4 is 10.5 Å². The van der Waals surface area contributed by atoms with Crippen molar-refractivity contribution in [3.63, 3.8) is 0 Å². The van der Waals surface area contributed by atoms with E-state index in [0.717, 1.165) is 25.1 Å². The summed E-state index contributed by atoms with van der Waals surface area (Å²) >= 11 is 0. The van der Waals surface area contributed by atoms with E-state index in [1.54, 1.807) is 0 Å². The lowest BCUT2D eigenvalue weighted by Gasteiger charge is -2.09. The van der Waals surface area contributed by atoms with Crippen LogP contribution in [0.3, 0.4) is 0 Å². The van der Waals surface area contributed by atoms with Crippen LogP contribution in [0.1, 0.15) is 32.3 Å². The third kappa shape index (κ3) is 4.84. The van der Waals surface area contributed by atoms with Gasteiger partial charge in [-0.25, -0.2) is 0 Å². The summed E-state index contributed by atoms with van der Waals surface area (Å²) in [5.74, 6) is 0.951. The number of nitrogens with two attached hydrogens (primary N) is 1. The molecule has 1 aromatic rings. The highest BCUT2D eigenvalue weighted by Gasteiger charge is 1.97. The minimum Gasteiger partial charge on any atom is -0.491 e. The van der Waals surface area contributed by atoms with E-state index in [-0.39, 0.29) is 6.10 Å². The van der Waals surface area contributed by atoms with Gasteiger partial charge in [-0.1, -0.05) is 12.1 Å². The smallest absolute Gasteiger partial charge is 0.119 e. The predicted molar refractivity (Wildman–Crippen MR) is 64.2 cm³/mol. The van der Waals surface area contributed by atoms with Gasteiger partial charge >= 0.3 is 0 Å². The fraction of sp³-hybridized carbons (Fsp3) is 0.538. The van der Waals surface area contributed by atoms with Crippen molar-refractivity contribution in [1.29, 1.82) is 0 Å². The summed E-state index contributed by atoms with van der Waals surface area (Å²) < 4.78 is 5.57. The Kier molecular flexibility index (Phi) is 5.19. The average Bonchev–Trinajstić information content (AvgIpc) is 2.20. The lowest BCUT2D eigenvalue weighted by Crippen LogP contribution is -2.05. The van der Waals surface area contributed by atoms with E-state index in [0.29, 0.717) is 0 Å². The second-order valence-corrected chi connectivity index (χ2v) is 4.06. The van der Waals surface area contributed by atoms with E-state index in [1.165, 1.54) is 12.0 Å². The standard InChI is InChI=1S/C13H21NO/c1-11(2)15-13-8-6-12(7-9-13)5-3-4-10-14/h6-9,11H,3-5,10,14H2,1-2H3. The Morgan fingerprint density at radius 3 is 2.33 bits per heavy atom. The second kappa shape index (κ2) is 6.46. The zero-order valence-electron chi connectivity index (χ0n) is 9.70. The molecule has 0 aliphatic carbocycles. The zero-order valence-corrected chi connectivity index (χ0v) is 9.70. The summed E-state index contributed by atoms with van der Waals surface area (Å²) in [6.07, 6.45) is 3.62. The number of hydrogen-bond acceptors (Lipinski definition) is 2. The molecule has 1 aromatic carbocycles. The van der Waals surface area contributed by atoms with E-state index in [9.17, 15) is 0 Å². The summed E-state index contributed by atoms with van der Waals surface area (Å²) in [7, 11) is 0. The van der Waals surface area contributed by atoms with Crippen molar-refractivity contribution < 1.29 is 4.74 Å². The molecule has 0 aliphatic heterocycles. The zero-order chi connectivity index (χ0) is 11.1. The maximum Gasteiger partial charge on any atom is 0.119 e. The molecule has 0 heterocycles. The predicted octanol–water partition coefficient (Wildman–Crippen LogP) is 2.76. The van der Waals surface area contributed by atoms with Gasteiger partial charge in [0.05, 0.1) is 6.10 Å². The van der Waals surface area contributed by atoms with Crippen molar-refractivity contribution in [2.24, 2.45) is 5.73 Å². The first-order valence-corrected chi connectivity index (χ1v) is 5.68. The Hall–Kier alpha value is -1.02. The minimum atomic E-state index is 0.244. The average molecular weight is 207 g/mol. The van der Waals surface area contributed by atoms with Crippen molar-refractivity contribution in [3.8, 4) is 5.75 Å². The van der Waals surface area contributed by atoms with Crippen molar-refractivity contribution in [1.82, 2.24) is 0 Å². The van der Waals surface area contributed by atoms with Crippen LogP contribution in [0.15, 0.2) is 24.3 Å². The fourth-order valence-electron chi connectivity index (χ4n) is 1.48. The fourth-order valence-corrected chi connectivity index (χ4v) is 1.48. The highest BCUT2D eigenvalue weighted by molar-refractivity contribution is 5.27. The lowest BCUT2D eigenvalue weighted by molar-refractivity contribution is 0.242. The SMILES string of the molecule is CC(C)Oc1ccc(CCCCN)cc1. The monoisotopic (exact) mass is 207 g/mol. The van der Waals surface area contributed by atoms with E-state index < -0.39 is 0 Å². The topological polar surface area (TPSA) is 35.2 Å². The molecule has 15 heavy (non-hydrogen) atoms. The number of aryl methyl sites for hydroxylation is 1. The van der Waals surface area contributed by atoms with Gasteiger partial charge in [-0.15, -0.1) is 0 Å². The van der Waals surface area contributed by atoms with E-state index in [2.05, 4.69) is 12.1 Å². The van der Waals surface area contributed by atoms with Crippen molar-refractivity contribution in [3.05, 3.63) is 29.8 Å². The Balaban J connectivity index is 2.42. The molecule has 2 N–H and O–H groups in total. The van der Waals surface area contributed by atoms with Gasteiger partial charge in [0.1, 0.15) is 5.75 Å². The largest absolute Gasteiger partial charge is 0.491 e.